The van der Waals surface area contributed by atoms with Gasteiger partial charge in [0.1, 0.15) is 17.8 Å². The van der Waals surface area contributed by atoms with Crippen LogP contribution in [0.1, 0.15) is 36.9 Å². The third-order valence-corrected chi connectivity index (χ3v) is 6.11. The number of aromatic nitrogens is 4. The average molecular weight is 422 g/mol. The molecule has 162 valence electrons. The highest BCUT2D eigenvalue weighted by molar-refractivity contribution is 5.82. The van der Waals surface area contributed by atoms with Gasteiger partial charge in [0.2, 0.25) is 5.91 Å². The lowest BCUT2D eigenvalue weighted by molar-refractivity contribution is -0.120. The molecule has 31 heavy (non-hydrogen) atoms. The predicted molar refractivity (Wildman–Crippen MR) is 114 cm³/mol. The second-order valence-electron chi connectivity index (χ2n) is 8.03. The number of amides is 1. The predicted octanol–water partition coefficient (Wildman–Crippen LogP) is 1.18. The highest BCUT2D eigenvalue weighted by Crippen LogP contribution is 2.32. The lowest BCUT2D eigenvalue weighted by Gasteiger charge is -2.42. The molecule has 4 N–H and O–H groups in total. The molecule has 1 amide bonds. The number of aryl methyl sites for hydroxylation is 1. The zero-order chi connectivity index (χ0) is 21.4. The van der Waals surface area contributed by atoms with Crippen molar-refractivity contribution in [3.8, 4) is 11.5 Å². The highest BCUT2D eigenvalue weighted by Gasteiger charge is 2.33. The fourth-order valence-corrected chi connectivity index (χ4v) is 4.47. The number of nitrogens with zero attached hydrogens (tertiary/aromatic N) is 4. The van der Waals surface area contributed by atoms with E-state index in [2.05, 4.69) is 42.2 Å². The number of aromatic amines is 1. The van der Waals surface area contributed by atoms with Crippen molar-refractivity contribution in [3.05, 3.63) is 47.6 Å². The number of carbonyl (C=O) groups excluding carboxylic acids is 1. The summed E-state index contributed by atoms with van der Waals surface area (Å²) in [6.07, 6.45) is 8.01. The SMILES string of the molecule is COC1CCC(N2C=C(c3ccc(-c4ncn[nH]4)nc3C)NC3=C2NCC(=O)N3)CC1. The van der Waals surface area contributed by atoms with Gasteiger partial charge in [0, 0.05) is 30.6 Å². The van der Waals surface area contributed by atoms with E-state index in [-0.39, 0.29) is 12.5 Å². The maximum atomic E-state index is 12.0. The maximum absolute atomic E-state index is 12.0. The molecule has 0 saturated heterocycles. The van der Waals surface area contributed by atoms with Gasteiger partial charge in [0.15, 0.2) is 11.6 Å². The Morgan fingerprint density at radius 1 is 1.16 bits per heavy atom. The number of rotatable bonds is 4. The van der Waals surface area contributed by atoms with E-state index < -0.39 is 0 Å². The molecule has 5 rings (SSSR count). The summed E-state index contributed by atoms with van der Waals surface area (Å²) in [5, 5.41) is 16.4. The molecular weight excluding hydrogens is 396 g/mol. The summed E-state index contributed by atoms with van der Waals surface area (Å²) in [4.78, 5) is 23.2. The minimum Gasteiger partial charge on any atom is -0.381 e. The second kappa shape index (κ2) is 8.03. The van der Waals surface area contributed by atoms with E-state index in [9.17, 15) is 4.79 Å². The van der Waals surface area contributed by atoms with Crippen LogP contribution in [0.3, 0.4) is 0 Å². The highest BCUT2D eigenvalue weighted by atomic mass is 16.5. The molecule has 1 fully saturated rings. The van der Waals surface area contributed by atoms with Crippen LogP contribution in [0.4, 0.5) is 0 Å². The normalized spacial score (nSPS) is 23.5. The first-order valence-electron chi connectivity index (χ1n) is 10.5. The fourth-order valence-electron chi connectivity index (χ4n) is 4.47. The molecule has 10 nitrogen and oxygen atoms in total. The van der Waals surface area contributed by atoms with Crippen molar-refractivity contribution in [2.75, 3.05) is 13.7 Å². The third kappa shape index (κ3) is 3.74. The van der Waals surface area contributed by atoms with Crippen LogP contribution < -0.4 is 16.0 Å². The van der Waals surface area contributed by atoms with Gasteiger partial charge in [-0.2, -0.15) is 5.10 Å². The molecule has 0 bridgehead atoms. The maximum Gasteiger partial charge on any atom is 0.244 e. The van der Waals surface area contributed by atoms with Gasteiger partial charge in [-0.05, 0) is 44.7 Å². The molecule has 2 aromatic rings. The van der Waals surface area contributed by atoms with Gasteiger partial charge >= 0.3 is 0 Å². The minimum absolute atomic E-state index is 0.0638. The van der Waals surface area contributed by atoms with Gasteiger partial charge in [-0.1, -0.05) is 0 Å². The Kier molecular flexibility index (Phi) is 5.06. The second-order valence-corrected chi connectivity index (χ2v) is 8.03. The van der Waals surface area contributed by atoms with Crippen LogP contribution in [0.2, 0.25) is 0 Å². The third-order valence-electron chi connectivity index (χ3n) is 6.11. The number of carbonyl (C=O) groups is 1. The lowest BCUT2D eigenvalue weighted by Crippen LogP contribution is -2.53. The van der Waals surface area contributed by atoms with E-state index in [1.807, 2.05) is 19.1 Å². The largest absolute Gasteiger partial charge is 0.381 e. The molecule has 2 aromatic heterocycles. The molecule has 0 radical (unpaired) electrons. The first-order valence-corrected chi connectivity index (χ1v) is 10.5. The molecular formula is C21H26N8O2. The quantitative estimate of drug-likeness (QED) is 0.580. The van der Waals surface area contributed by atoms with Crippen molar-refractivity contribution in [2.45, 2.75) is 44.8 Å². The van der Waals surface area contributed by atoms with Crippen LogP contribution >= 0.6 is 0 Å². The van der Waals surface area contributed by atoms with Gasteiger partial charge < -0.3 is 25.6 Å². The van der Waals surface area contributed by atoms with Crippen LogP contribution in [0.25, 0.3) is 17.2 Å². The van der Waals surface area contributed by atoms with E-state index in [1.165, 1.54) is 6.33 Å². The topological polar surface area (TPSA) is 120 Å². The molecule has 10 heteroatoms. The van der Waals surface area contributed by atoms with E-state index in [0.29, 0.717) is 23.8 Å². The first kappa shape index (κ1) is 19.6. The molecule has 0 aromatic carbocycles. The standard InChI is InChI=1S/C21H26N8O2/c1-12-15(7-8-16(25-12)19-23-11-24-28-19)17-10-29(13-3-5-14(31-2)6-4-13)21-20(26-17)27-18(30)9-22-21/h7-8,10-11,13-14,22,26H,3-6,9H2,1-2H3,(H,27,30)(H,23,24,28). The Hall–Kier alpha value is -3.40. The Morgan fingerprint density at radius 2 is 2.00 bits per heavy atom. The molecule has 3 aliphatic rings. The minimum atomic E-state index is -0.0638. The van der Waals surface area contributed by atoms with E-state index >= 15 is 0 Å². The first-order chi connectivity index (χ1) is 15.1. The molecule has 4 heterocycles. The molecule has 0 unspecified atom stereocenters. The summed E-state index contributed by atoms with van der Waals surface area (Å²) < 4.78 is 5.54. The molecule has 2 aliphatic heterocycles. The number of pyridine rings is 1. The van der Waals surface area contributed by atoms with Gasteiger partial charge in [0.25, 0.3) is 0 Å². The molecule has 0 atom stereocenters. The van der Waals surface area contributed by atoms with Crippen molar-refractivity contribution in [3.63, 3.8) is 0 Å². The number of hydrogen-bond acceptors (Lipinski definition) is 8. The molecule has 1 saturated carbocycles. The van der Waals surface area contributed by atoms with Crippen LogP contribution in [0.5, 0.6) is 0 Å². The van der Waals surface area contributed by atoms with Crippen molar-refractivity contribution in [2.24, 2.45) is 0 Å². The van der Waals surface area contributed by atoms with Gasteiger partial charge in [-0.3, -0.25) is 9.89 Å². The number of ether oxygens (including phenoxy) is 1. The average Bonchev–Trinajstić information content (AvgIpc) is 3.33. The Labute approximate surface area is 180 Å². The van der Waals surface area contributed by atoms with E-state index in [0.717, 1.165) is 54.2 Å². The van der Waals surface area contributed by atoms with Crippen LogP contribution in [0.15, 0.2) is 36.3 Å². The van der Waals surface area contributed by atoms with E-state index in [1.54, 1.807) is 7.11 Å². The zero-order valence-corrected chi connectivity index (χ0v) is 17.6. The number of H-pyrrole nitrogens is 1. The van der Waals surface area contributed by atoms with Crippen LogP contribution in [0, 0.1) is 6.92 Å². The molecule has 0 spiro atoms. The summed E-state index contributed by atoms with van der Waals surface area (Å²) in [5.41, 5.74) is 3.45. The number of nitrogens with one attached hydrogen (secondary N) is 4. The molecule has 1 aliphatic carbocycles. The van der Waals surface area contributed by atoms with Gasteiger partial charge in [-0.25, -0.2) is 9.97 Å². The summed E-state index contributed by atoms with van der Waals surface area (Å²) in [7, 11) is 1.78. The van der Waals surface area contributed by atoms with Gasteiger partial charge in [-0.15, -0.1) is 0 Å². The summed E-state index contributed by atoms with van der Waals surface area (Å²) in [5.74, 6) is 2.16. The zero-order valence-electron chi connectivity index (χ0n) is 17.6. The number of methoxy groups -OCH3 is 1. The number of hydrogen-bond donors (Lipinski definition) is 4. The van der Waals surface area contributed by atoms with Crippen molar-refractivity contribution in [1.82, 2.24) is 41.0 Å². The van der Waals surface area contributed by atoms with Crippen LogP contribution in [-0.4, -0.2) is 56.8 Å². The fraction of sp³-hybridized carbons (Fsp3) is 0.429. The van der Waals surface area contributed by atoms with E-state index in [4.69, 9.17) is 9.72 Å². The summed E-state index contributed by atoms with van der Waals surface area (Å²) in [6, 6.07) is 4.27. The Bertz CT molecular complexity index is 1040. The Balaban J connectivity index is 1.47. The van der Waals surface area contributed by atoms with Crippen molar-refractivity contribution >= 4 is 11.6 Å². The van der Waals surface area contributed by atoms with Crippen molar-refractivity contribution < 1.29 is 9.53 Å². The van der Waals surface area contributed by atoms with Crippen LogP contribution in [-0.2, 0) is 9.53 Å². The van der Waals surface area contributed by atoms with Gasteiger partial charge in [0.05, 0.1) is 18.3 Å². The monoisotopic (exact) mass is 422 g/mol. The smallest absolute Gasteiger partial charge is 0.244 e. The Morgan fingerprint density at radius 3 is 2.71 bits per heavy atom. The summed E-state index contributed by atoms with van der Waals surface area (Å²) >= 11 is 0. The lowest BCUT2D eigenvalue weighted by atomic mass is 9.91. The van der Waals surface area contributed by atoms with Crippen molar-refractivity contribution in [1.29, 1.82) is 0 Å². The summed E-state index contributed by atoms with van der Waals surface area (Å²) in [6.45, 7) is 2.23.